The molecule has 1 aliphatic heterocycles. The van der Waals surface area contributed by atoms with Gasteiger partial charge in [0.1, 0.15) is 12.4 Å². The molecule has 6 heteroatoms. The molecule has 3 aromatic rings. The number of rotatable bonds is 9. The summed E-state index contributed by atoms with van der Waals surface area (Å²) in [5, 5.41) is 6.40. The molecule has 4 rings (SSSR count). The molecule has 0 fully saturated rings. The van der Waals surface area contributed by atoms with Gasteiger partial charge in [0.15, 0.2) is 0 Å². The van der Waals surface area contributed by atoms with Crippen LogP contribution < -0.4 is 4.74 Å². The van der Waals surface area contributed by atoms with E-state index in [2.05, 4.69) is 28.6 Å². The summed E-state index contributed by atoms with van der Waals surface area (Å²) in [6.07, 6.45) is 10.5. The van der Waals surface area contributed by atoms with Crippen LogP contribution in [0.25, 0.3) is 5.70 Å². The van der Waals surface area contributed by atoms with Gasteiger partial charge in [0.25, 0.3) is 0 Å². The van der Waals surface area contributed by atoms with Crippen LogP contribution in [0.15, 0.2) is 102 Å². The number of benzene rings is 1. The number of aliphatic imine (C=N–C) groups is 1. The van der Waals surface area contributed by atoms with Gasteiger partial charge in [-0.15, -0.1) is 0 Å². The summed E-state index contributed by atoms with van der Waals surface area (Å²) in [4.78, 5) is 13.5. The molecule has 0 radical (unpaired) electrons. The molecule has 1 aromatic carbocycles. The Morgan fingerprint density at radius 2 is 1.85 bits per heavy atom. The topological polar surface area (TPSA) is 63.0 Å². The number of pyridine rings is 2. The van der Waals surface area contributed by atoms with Crippen LogP contribution in [-0.2, 0) is 6.61 Å². The maximum absolute atomic E-state index is 5.91. The van der Waals surface area contributed by atoms with Gasteiger partial charge in [-0.05, 0) is 42.7 Å². The summed E-state index contributed by atoms with van der Waals surface area (Å²) in [6, 6.07) is 19.6. The van der Waals surface area contributed by atoms with E-state index in [9.17, 15) is 0 Å². The first-order valence-corrected chi connectivity index (χ1v) is 11.1. The van der Waals surface area contributed by atoms with Gasteiger partial charge < -0.3 is 4.74 Å². The summed E-state index contributed by atoms with van der Waals surface area (Å²) >= 11 is 0. The lowest BCUT2D eigenvalue weighted by Gasteiger charge is -2.26. The van der Waals surface area contributed by atoms with Crippen LogP contribution in [0.1, 0.15) is 43.0 Å². The Morgan fingerprint density at radius 3 is 2.64 bits per heavy atom. The Balaban J connectivity index is 1.60. The second-order valence-electron chi connectivity index (χ2n) is 7.57. The lowest BCUT2D eigenvalue weighted by atomic mass is 10.1. The van der Waals surface area contributed by atoms with E-state index < -0.39 is 0 Å². The first kappa shape index (κ1) is 22.1. The van der Waals surface area contributed by atoms with Crippen LogP contribution in [0.5, 0.6) is 5.88 Å². The molecule has 33 heavy (non-hydrogen) atoms. The monoisotopic (exact) mass is 437 g/mol. The fourth-order valence-corrected chi connectivity index (χ4v) is 3.34. The van der Waals surface area contributed by atoms with Gasteiger partial charge in [-0.3, -0.25) is 4.98 Å². The molecule has 166 valence electrons. The summed E-state index contributed by atoms with van der Waals surface area (Å²) in [5.41, 5.74) is 4.35. The number of unbranched alkanes of at least 4 members (excludes halogenated alkanes) is 2. The lowest BCUT2D eigenvalue weighted by Crippen LogP contribution is -2.21. The SMILES string of the molecule is C=C1N=C(c2cccc(OCc3ccccc3)n2)C=C(c2ccncc2)N1/N=C\CCCC. The molecule has 0 N–H and O–H groups in total. The number of hydrogen-bond acceptors (Lipinski definition) is 6. The zero-order valence-corrected chi connectivity index (χ0v) is 18.8. The number of ether oxygens (including phenoxy) is 1. The number of nitrogens with zero attached hydrogens (tertiary/aromatic N) is 5. The first-order chi connectivity index (χ1) is 16.2. The highest BCUT2D eigenvalue weighted by Crippen LogP contribution is 2.29. The molecule has 0 amide bonds. The Hall–Kier alpha value is -4.06. The molecule has 3 heterocycles. The number of aromatic nitrogens is 2. The highest BCUT2D eigenvalue weighted by Gasteiger charge is 2.21. The predicted molar refractivity (Wildman–Crippen MR) is 133 cm³/mol. The van der Waals surface area contributed by atoms with Gasteiger partial charge in [0.05, 0.1) is 17.1 Å². The Labute approximate surface area is 194 Å². The first-order valence-electron chi connectivity index (χ1n) is 11.1. The minimum Gasteiger partial charge on any atom is -0.473 e. The smallest absolute Gasteiger partial charge is 0.214 e. The van der Waals surface area contributed by atoms with Crippen molar-refractivity contribution < 1.29 is 4.74 Å². The standard InChI is InChI=1S/C27H27N5O/c1-3-4-8-16-29-32-21(2)30-25(19-26(32)23-14-17-28-18-15-23)24-12-9-13-27(31-24)33-20-22-10-6-5-7-11-22/h5-7,9-19H,2-4,8,20H2,1H3/b29-16-. The molecular formula is C27H27N5O. The molecule has 1 aliphatic rings. The second kappa shape index (κ2) is 11.0. The number of hydrazone groups is 1. The largest absolute Gasteiger partial charge is 0.473 e. The summed E-state index contributed by atoms with van der Waals surface area (Å²) < 4.78 is 5.91. The van der Waals surface area contributed by atoms with Crippen molar-refractivity contribution in [1.82, 2.24) is 15.0 Å². The molecule has 0 saturated heterocycles. The van der Waals surface area contributed by atoms with E-state index in [1.807, 2.05) is 73.0 Å². The van der Waals surface area contributed by atoms with Crippen molar-refractivity contribution in [2.45, 2.75) is 32.8 Å². The van der Waals surface area contributed by atoms with Gasteiger partial charge in [-0.2, -0.15) is 5.10 Å². The minimum absolute atomic E-state index is 0.453. The highest BCUT2D eigenvalue weighted by atomic mass is 16.5. The molecule has 2 aromatic heterocycles. The van der Waals surface area contributed by atoms with Crippen molar-refractivity contribution in [2.75, 3.05) is 0 Å². The summed E-state index contributed by atoms with van der Waals surface area (Å²) in [7, 11) is 0. The maximum Gasteiger partial charge on any atom is 0.214 e. The van der Waals surface area contributed by atoms with E-state index in [1.165, 1.54) is 0 Å². The number of allylic oxidation sites excluding steroid dienone is 1. The van der Waals surface area contributed by atoms with Crippen molar-refractivity contribution >= 4 is 17.6 Å². The summed E-state index contributed by atoms with van der Waals surface area (Å²) in [6.45, 7) is 6.77. The molecule has 6 nitrogen and oxygen atoms in total. The van der Waals surface area contributed by atoms with E-state index >= 15 is 0 Å². The predicted octanol–water partition coefficient (Wildman–Crippen LogP) is 5.85. The van der Waals surface area contributed by atoms with Crippen LogP contribution in [-0.4, -0.2) is 26.9 Å². The van der Waals surface area contributed by atoms with Crippen LogP contribution in [0.4, 0.5) is 0 Å². The maximum atomic E-state index is 5.91. The van der Waals surface area contributed by atoms with Crippen LogP contribution >= 0.6 is 0 Å². The minimum atomic E-state index is 0.453. The van der Waals surface area contributed by atoms with Gasteiger partial charge >= 0.3 is 0 Å². The molecular weight excluding hydrogens is 410 g/mol. The van der Waals surface area contributed by atoms with Gasteiger partial charge in [0, 0.05) is 30.2 Å². The van der Waals surface area contributed by atoms with Gasteiger partial charge in [-0.25, -0.2) is 15.0 Å². The molecule has 0 spiro atoms. The van der Waals surface area contributed by atoms with Crippen LogP contribution in [0.2, 0.25) is 0 Å². The molecule has 0 atom stereocenters. The molecule has 0 saturated carbocycles. The Kier molecular flexibility index (Phi) is 7.38. The Morgan fingerprint density at radius 1 is 1.03 bits per heavy atom. The van der Waals surface area contributed by atoms with Crippen molar-refractivity contribution in [2.24, 2.45) is 10.1 Å². The van der Waals surface area contributed by atoms with E-state index in [0.717, 1.165) is 36.1 Å². The Bertz CT molecular complexity index is 1170. The van der Waals surface area contributed by atoms with E-state index in [1.54, 1.807) is 17.4 Å². The van der Waals surface area contributed by atoms with Crippen molar-refractivity contribution in [3.8, 4) is 5.88 Å². The third kappa shape index (κ3) is 5.80. The van der Waals surface area contributed by atoms with Crippen molar-refractivity contribution in [3.05, 3.63) is 108 Å². The third-order valence-electron chi connectivity index (χ3n) is 5.07. The molecule has 0 unspecified atom stereocenters. The molecule has 0 aliphatic carbocycles. The number of hydrogen-bond donors (Lipinski definition) is 0. The zero-order valence-electron chi connectivity index (χ0n) is 18.8. The van der Waals surface area contributed by atoms with Crippen LogP contribution in [0.3, 0.4) is 0 Å². The normalized spacial score (nSPS) is 13.7. The third-order valence-corrected chi connectivity index (χ3v) is 5.07. The second-order valence-corrected chi connectivity index (χ2v) is 7.57. The summed E-state index contributed by atoms with van der Waals surface area (Å²) in [5.74, 6) is 1.08. The fraction of sp³-hybridized carbons (Fsp3) is 0.185. The average molecular weight is 438 g/mol. The van der Waals surface area contributed by atoms with E-state index in [-0.39, 0.29) is 0 Å². The van der Waals surface area contributed by atoms with E-state index in [4.69, 9.17) is 9.73 Å². The van der Waals surface area contributed by atoms with Gasteiger partial charge in [-0.1, -0.05) is 56.3 Å². The van der Waals surface area contributed by atoms with E-state index in [0.29, 0.717) is 29.7 Å². The quantitative estimate of drug-likeness (QED) is 0.311. The van der Waals surface area contributed by atoms with Gasteiger partial charge in [0.2, 0.25) is 5.88 Å². The fourth-order valence-electron chi connectivity index (χ4n) is 3.34. The van der Waals surface area contributed by atoms with Crippen molar-refractivity contribution in [3.63, 3.8) is 0 Å². The van der Waals surface area contributed by atoms with Crippen molar-refractivity contribution in [1.29, 1.82) is 0 Å². The zero-order chi connectivity index (χ0) is 22.9. The van der Waals surface area contributed by atoms with Crippen LogP contribution in [0, 0.1) is 0 Å². The highest BCUT2D eigenvalue weighted by molar-refractivity contribution is 6.12. The lowest BCUT2D eigenvalue weighted by molar-refractivity contribution is 0.294. The molecule has 0 bridgehead atoms. The average Bonchev–Trinajstić information content (AvgIpc) is 2.87.